The first-order chi connectivity index (χ1) is 14.3. The van der Waals surface area contributed by atoms with Gasteiger partial charge in [-0.15, -0.1) is 0 Å². The van der Waals surface area contributed by atoms with Crippen LogP contribution < -0.4 is 0 Å². The van der Waals surface area contributed by atoms with Gasteiger partial charge >= 0.3 is 11.9 Å². The lowest BCUT2D eigenvalue weighted by atomic mass is 9.79. The standard InChI is InChI=1S/C20H24N4O6/c1-11(25)17-21-7-13(23-17)9-29-19(27)15-5-3-4-6-16(15)20(28)30-10-14-8-22-18(24-14)12(2)26/h7-8,15-16H,3-6,9-10H2,1-2H3,(H,21,23)(H,22,24)/t15-,16-/m1/s1. The number of aromatic amines is 2. The van der Waals surface area contributed by atoms with Crippen LogP contribution in [0.3, 0.4) is 0 Å². The molecule has 1 aliphatic carbocycles. The number of rotatable bonds is 8. The number of imidazole rings is 2. The van der Waals surface area contributed by atoms with Crippen molar-refractivity contribution in [2.45, 2.75) is 52.7 Å². The number of carbonyl (C=O) groups excluding carboxylic acids is 4. The molecule has 0 unspecified atom stereocenters. The van der Waals surface area contributed by atoms with E-state index in [2.05, 4.69) is 19.9 Å². The van der Waals surface area contributed by atoms with Crippen LogP contribution in [0.25, 0.3) is 0 Å². The summed E-state index contributed by atoms with van der Waals surface area (Å²) in [5.41, 5.74) is 1.01. The first-order valence-corrected chi connectivity index (χ1v) is 9.78. The van der Waals surface area contributed by atoms with E-state index >= 15 is 0 Å². The summed E-state index contributed by atoms with van der Waals surface area (Å²) in [5.74, 6) is -2.15. The van der Waals surface area contributed by atoms with Gasteiger partial charge in [-0.2, -0.15) is 0 Å². The Kier molecular flexibility index (Phi) is 6.76. The number of ketones is 2. The normalized spacial score (nSPS) is 18.6. The molecule has 1 saturated carbocycles. The van der Waals surface area contributed by atoms with Gasteiger partial charge in [0.1, 0.15) is 13.2 Å². The summed E-state index contributed by atoms with van der Waals surface area (Å²) in [6.07, 6.45) is 5.61. The van der Waals surface area contributed by atoms with Gasteiger partial charge in [0.2, 0.25) is 0 Å². The Morgan fingerprint density at radius 1 is 0.833 bits per heavy atom. The lowest BCUT2D eigenvalue weighted by molar-refractivity contribution is -0.164. The van der Waals surface area contributed by atoms with Crippen LogP contribution in [0.2, 0.25) is 0 Å². The highest BCUT2D eigenvalue weighted by Gasteiger charge is 2.38. The molecule has 3 rings (SSSR count). The van der Waals surface area contributed by atoms with Crippen LogP contribution in [0, 0.1) is 11.8 Å². The van der Waals surface area contributed by atoms with E-state index in [-0.39, 0.29) is 36.4 Å². The molecule has 160 valence electrons. The maximum absolute atomic E-state index is 12.6. The Morgan fingerprint density at radius 3 is 1.57 bits per heavy atom. The van der Waals surface area contributed by atoms with Crippen LogP contribution >= 0.6 is 0 Å². The summed E-state index contributed by atoms with van der Waals surface area (Å²) in [6.45, 7) is 2.66. The fraction of sp³-hybridized carbons (Fsp3) is 0.500. The minimum absolute atomic E-state index is 0.0562. The highest BCUT2D eigenvalue weighted by molar-refractivity contribution is 5.90. The average molecular weight is 416 g/mol. The third kappa shape index (κ3) is 5.19. The van der Waals surface area contributed by atoms with Crippen molar-refractivity contribution in [1.82, 2.24) is 19.9 Å². The Morgan fingerprint density at radius 2 is 1.23 bits per heavy atom. The molecular weight excluding hydrogens is 392 g/mol. The molecule has 2 heterocycles. The van der Waals surface area contributed by atoms with Crippen molar-refractivity contribution >= 4 is 23.5 Å². The van der Waals surface area contributed by atoms with Gasteiger partial charge in [0.25, 0.3) is 0 Å². The number of esters is 2. The van der Waals surface area contributed by atoms with Crippen LogP contribution in [0.4, 0.5) is 0 Å². The zero-order valence-electron chi connectivity index (χ0n) is 16.9. The second-order valence-electron chi connectivity index (χ2n) is 7.34. The summed E-state index contributed by atoms with van der Waals surface area (Å²) >= 11 is 0. The van der Waals surface area contributed by atoms with Crippen LogP contribution in [-0.4, -0.2) is 43.4 Å². The summed E-state index contributed by atoms with van der Waals surface area (Å²) < 4.78 is 10.7. The Balaban J connectivity index is 1.55. The molecule has 0 aromatic carbocycles. The second kappa shape index (κ2) is 9.47. The van der Waals surface area contributed by atoms with Crippen LogP contribution in [0.1, 0.15) is 72.2 Å². The number of Topliss-reactive ketones (excluding diaryl/α,β-unsaturated/α-hetero) is 2. The molecular formula is C20H24N4O6. The van der Waals surface area contributed by atoms with E-state index in [1.807, 2.05) is 0 Å². The zero-order chi connectivity index (χ0) is 21.7. The fourth-order valence-electron chi connectivity index (χ4n) is 3.43. The molecule has 1 fully saturated rings. The van der Waals surface area contributed by atoms with Gasteiger partial charge in [0.15, 0.2) is 23.2 Å². The van der Waals surface area contributed by atoms with E-state index in [9.17, 15) is 19.2 Å². The minimum atomic E-state index is -0.587. The fourth-order valence-corrected chi connectivity index (χ4v) is 3.43. The average Bonchev–Trinajstić information content (AvgIpc) is 3.40. The van der Waals surface area contributed by atoms with Crippen molar-refractivity contribution < 1.29 is 28.7 Å². The molecule has 2 aromatic rings. The number of hydrogen-bond acceptors (Lipinski definition) is 8. The van der Waals surface area contributed by atoms with Crippen molar-refractivity contribution in [2.75, 3.05) is 0 Å². The molecule has 0 spiro atoms. The van der Waals surface area contributed by atoms with Gasteiger partial charge in [-0.1, -0.05) is 12.8 Å². The smallest absolute Gasteiger partial charge is 0.310 e. The van der Waals surface area contributed by atoms with E-state index in [1.54, 1.807) is 0 Å². The van der Waals surface area contributed by atoms with E-state index < -0.39 is 23.8 Å². The molecule has 0 amide bonds. The highest BCUT2D eigenvalue weighted by atomic mass is 16.5. The van der Waals surface area contributed by atoms with Crippen LogP contribution in [0.5, 0.6) is 0 Å². The van der Waals surface area contributed by atoms with Crippen molar-refractivity contribution in [3.05, 3.63) is 35.4 Å². The molecule has 10 heteroatoms. The lowest BCUT2D eigenvalue weighted by Crippen LogP contribution is -2.35. The summed E-state index contributed by atoms with van der Waals surface area (Å²) in [7, 11) is 0. The molecule has 0 saturated heterocycles. The predicted molar refractivity (Wildman–Crippen MR) is 102 cm³/mol. The number of ether oxygens (including phenoxy) is 2. The minimum Gasteiger partial charge on any atom is -0.459 e. The number of nitrogens with one attached hydrogen (secondary N) is 2. The molecule has 10 nitrogen and oxygen atoms in total. The monoisotopic (exact) mass is 416 g/mol. The molecule has 2 aromatic heterocycles. The van der Waals surface area contributed by atoms with Crippen molar-refractivity contribution in [3.8, 4) is 0 Å². The molecule has 0 bridgehead atoms. The zero-order valence-corrected chi connectivity index (χ0v) is 16.9. The van der Waals surface area contributed by atoms with Gasteiger partial charge in [0.05, 0.1) is 35.6 Å². The van der Waals surface area contributed by atoms with E-state index in [4.69, 9.17) is 9.47 Å². The molecule has 2 atom stereocenters. The van der Waals surface area contributed by atoms with Gasteiger partial charge in [-0.05, 0) is 12.8 Å². The van der Waals surface area contributed by atoms with Gasteiger partial charge in [-0.3, -0.25) is 19.2 Å². The second-order valence-corrected chi connectivity index (χ2v) is 7.34. The number of nitrogens with zero attached hydrogens (tertiary/aromatic N) is 2. The molecule has 30 heavy (non-hydrogen) atoms. The van der Waals surface area contributed by atoms with Gasteiger partial charge in [0, 0.05) is 13.8 Å². The van der Waals surface area contributed by atoms with Crippen molar-refractivity contribution in [1.29, 1.82) is 0 Å². The van der Waals surface area contributed by atoms with Crippen molar-refractivity contribution in [2.24, 2.45) is 11.8 Å². The van der Waals surface area contributed by atoms with E-state index in [1.165, 1.54) is 26.2 Å². The van der Waals surface area contributed by atoms with Crippen LogP contribution in [0.15, 0.2) is 12.4 Å². The Bertz CT molecular complexity index is 871. The van der Waals surface area contributed by atoms with E-state index in [0.717, 1.165) is 12.8 Å². The largest absolute Gasteiger partial charge is 0.459 e. The Labute approximate surface area is 172 Å². The van der Waals surface area contributed by atoms with E-state index in [0.29, 0.717) is 24.2 Å². The molecule has 0 aliphatic heterocycles. The van der Waals surface area contributed by atoms with Gasteiger partial charge in [-0.25, -0.2) is 9.97 Å². The molecule has 1 aliphatic rings. The number of aromatic nitrogens is 4. The number of H-pyrrole nitrogens is 2. The third-order valence-electron chi connectivity index (χ3n) is 5.04. The third-order valence-corrected chi connectivity index (χ3v) is 5.04. The summed E-state index contributed by atoms with van der Waals surface area (Å²) in [4.78, 5) is 61.2. The summed E-state index contributed by atoms with van der Waals surface area (Å²) in [5, 5.41) is 0. The summed E-state index contributed by atoms with van der Waals surface area (Å²) in [6, 6.07) is 0. The lowest BCUT2D eigenvalue weighted by Gasteiger charge is -2.28. The van der Waals surface area contributed by atoms with Crippen LogP contribution in [-0.2, 0) is 32.3 Å². The Hall–Kier alpha value is -3.30. The predicted octanol–water partition coefficient (Wildman–Crippen LogP) is 2.13. The molecule has 0 radical (unpaired) electrons. The van der Waals surface area contributed by atoms with Crippen molar-refractivity contribution in [3.63, 3.8) is 0 Å². The highest BCUT2D eigenvalue weighted by Crippen LogP contribution is 2.32. The molecule has 2 N–H and O–H groups in total. The number of hydrogen-bond donors (Lipinski definition) is 2. The first-order valence-electron chi connectivity index (χ1n) is 9.78. The first kappa shape index (κ1) is 21.4. The van der Waals surface area contributed by atoms with Gasteiger partial charge < -0.3 is 19.4 Å². The topological polar surface area (TPSA) is 144 Å². The SMILES string of the molecule is CC(=O)c1ncc(COC(=O)[C@@H]2CCCC[C@H]2C(=O)OCc2cnc(C(C)=O)[nH]2)[nH]1. The number of carbonyl (C=O) groups is 4. The maximum Gasteiger partial charge on any atom is 0.310 e. The quantitative estimate of drug-likeness (QED) is 0.492. The maximum atomic E-state index is 12.6.